The smallest absolute Gasteiger partial charge is 0.121 e. The minimum absolute atomic E-state index is 0.199. The fourth-order valence-corrected chi connectivity index (χ4v) is 1.93. The molecule has 0 amide bonds. The molecule has 1 aromatic rings. The topological polar surface area (TPSA) is 73.9 Å². The molecule has 2 unspecified atom stereocenters. The van der Waals surface area contributed by atoms with E-state index in [1.165, 1.54) is 0 Å². The predicted molar refractivity (Wildman–Crippen MR) is 72.1 cm³/mol. The van der Waals surface area contributed by atoms with E-state index in [4.69, 9.17) is 19.9 Å². The maximum atomic E-state index is 9.74. The molecule has 1 saturated heterocycles. The van der Waals surface area contributed by atoms with Crippen LogP contribution in [0.2, 0.25) is 0 Å². The van der Waals surface area contributed by atoms with Gasteiger partial charge in [0.2, 0.25) is 0 Å². The number of anilines is 1. The molecule has 3 N–H and O–H groups in total. The van der Waals surface area contributed by atoms with Gasteiger partial charge in [0, 0.05) is 24.3 Å². The molecular formula is C14H21NO4. The number of rotatable bonds is 7. The van der Waals surface area contributed by atoms with Crippen molar-refractivity contribution in [3.8, 4) is 5.75 Å². The second-order valence-electron chi connectivity index (χ2n) is 4.80. The third kappa shape index (κ3) is 5.06. The first kappa shape index (κ1) is 14.1. The summed E-state index contributed by atoms with van der Waals surface area (Å²) in [5.41, 5.74) is 6.28. The van der Waals surface area contributed by atoms with Crippen molar-refractivity contribution in [2.45, 2.75) is 12.5 Å². The number of benzene rings is 1. The van der Waals surface area contributed by atoms with Gasteiger partial charge >= 0.3 is 0 Å². The molecular weight excluding hydrogens is 246 g/mol. The van der Waals surface area contributed by atoms with E-state index in [9.17, 15) is 5.11 Å². The van der Waals surface area contributed by atoms with Crippen molar-refractivity contribution >= 4 is 5.69 Å². The van der Waals surface area contributed by atoms with E-state index in [1.807, 2.05) is 6.07 Å². The molecule has 1 aliphatic rings. The second kappa shape index (κ2) is 7.33. The lowest BCUT2D eigenvalue weighted by molar-refractivity contribution is -0.000540. The molecule has 106 valence electrons. The van der Waals surface area contributed by atoms with Gasteiger partial charge in [-0.1, -0.05) is 6.07 Å². The summed E-state index contributed by atoms with van der Waals surface area (Å²) in [7, 11) is 0. The molecule has 0 spiro atoms. The van der Waals surface area contributed by atoms with Crippen LogP contribution in [0, 0.1) is 5.92 Å². The number of hydrogen-bond donors (Lipinski definition) is 2. The number of aliphatic hydroxyl groups is 1. The highest BCUT2D eigenvalue weighted by molar-refractivity contribution is 5.43. The maximum absolute atomic E-state index is 9.74. The highest BCUT2D eigenvalue weighted by Crippen LogP contribution is 2.15. The average molecular weight is 267 g/mol. The van der Waals surface area contributed by atoms with Gasteiger partial charge in [-0.25, -0.2) is 0 Å². The highest BCUT2D eigenvalue weighted by Gasteiger charge is 2.16. The van der Waals surface area contributed by atoms with Gasteiger partial charge in [-0.2, -0.15) is 0 Å². The van der Waals surface area contributed by atoms with E-state index in [0.29, 0.717) is 24.0 Å². The number of ether oxygens (including phenoxy) is 3. The van der Waals surface area contributed by atoms with Gasteiger partial charge in [-0.15, -0.1) is 0 Å². The van der Waals surface area contributed by atoms with Crippen LogP contribution in [-0.4, -0.2) is 44.2 Å². The Bertz CT molecular complexity index is 379. The average Bonchev–Trinajstić information content (AvgIpc) is 2.90. The fourth-order valence-electron chi connectivity index (χ4n) is 1.93. The lowest BCUT2D eigenvalue weighted by Crippen LogP contribution is -2.25. The van der Waals surface area contributed by atoms with Crippen LogP contribution in [-0.2, 0) is 9.47 Å². The van der Waals surface area contributed by atoms with Gasteiger partial charge in [0.25, 0.3) is 0 Å². The first-order valence-corrected chi connectivity index (χ1v) is 6.56. The molecule has 0 radical (unpaired) electrons. The first-order valence-electron chi connectivity index (χ1n) is 6.56. The van der Waals surface area contributed by atoms with Crippen molar-refractivity contribution in [3.63, 3.8) is 0 Å². The molecule has 1 fully saturated rings. The molecule has 1 aromatic carbocycles. The van der Waals surface area contributed by atoms with Gasteiger partial charge < -0.3 is 25.1 Å². The van der Waals surface area contributed by atoms with E-state index in [2.05, 4.69) is 0 Å². The van der Waals surface area contributed by atoms with Crippen LogP contribution in [0.3, 0.4) is 0 Å². The van der Waals surface area contributed by atoms with Gasteiger partial charge in [-0.3, -0.25) is 0 Å². The molecule has 0 saturated carbocycles. The highest BCUT2D eigenvalue weighted by atomic mass is 16.5. The molecule has 19 heavy (non-hydrogen) atoms. The molecule has 0 aromatic heterocycles. The van der Waals surface area contributed by atoms with E-state index in [1.54, 1.807) is 18.2 Å². The van der Waals surface area contributed by atoms with Crippen LogP contribution in [0.4, 0.5) is 5.69 Å². The van der Waals surface area contributed by atoms with Gasteiger partial charge in [0.1, 0.15) is 18.5 Å². The summed E-state index contributed by atoms with van der Waals surface area (Å²) in [5.74, 6) is 1.12. The molecule has 1 aliphatic heterocycles. The van der Waals surface area contributed by atoms with E-state index < -0.39 is 6.10 Å². The van der Waals surface area contributed by atoms with Crippen molar-refractivity contribution in [1.29, 1.82) is 0 Å². The second-order valence-corrected chi connectivity index (χ2v) is 4.80. The SMILES string of the molecule is Nc1cccc(OCC(O)COCC2CCOC2)c1. The zero-order chi connectivity index (χ0) is 13.5. The quantitative estimate of drug-likeness (QED) is 0.723. The Balaban J connectivity index is 1.60. The summed E-state index contributed by atoms with van der Waals surface area (Å²) in [6, 6.07) is 7.13. The number of nitrogens with two attached hydrogens (primary N) is 1. The molecule has 1 heterocycles. The van der Waals surface area contributed by atoms with Crippen LogP contribution in [0.15, 0.2) is 24.3 Å². The van der Waals surface area contributed by atoms with Crippen molar-refractivity contribution in [3.05, 3.63) is 24.3 Å². The van der Waals surface area contributed by atoms with E-state index in [0.717, 1.165) is 19.6 Å². The number of nitrogen functional groups attached to an aromatic ring is 1. The summed E-state index contributed by atoms with van der Waals surface area (Å²) in [6.45, 7) is 2.68. The maximum Gasteiger partial charge on any atom is 0.121 e. The predicted octanol–water partition coefficient (Wildman–Crippen LogP) is 1.06. The fraction of sp³-hybridized carbons (Fsp3) is 0.571. The Morgan fingerprint density at radius 3 is 3.05 bits per heavy atom. The summed E-state index contributed by atoms with van der Waals surface area (Å²) in [5, 5.41) is 9.74. The van der Waals surface area contributed by atoms with Crippen molar-refractivity contribution in [1.82, 2.24) is 0 Å². The first-order chi connectivity index (χ1) is 9.24. The van der Waals surface area contributed by atoms with Crippen molar-refractivity contribution in [2.24, 2.45) is 5.92 Å². The zero-order valence-electron chi connectivity index (χ0n) is 11.0. The van der Waals surface area contributed by atoms with Gasteiger partial charge in [0.15, 0.2) is 0 Å². The van der Waals surface area contributed by atoms with Crippen LogP contribution < -0.4 is 10.5 Å². The Morgan fingerprint density at radius 1 is 1.42 bits per heavy atom. The summed E-state index contributed by atoms with van der Waals surface area (Å²) in [4.78, 5) is 0. The molecule has 2 atom stereocenters. The Labute approximate surface area is 113 Å². The Kier molecular flexibility index (Phi) is 5.44. The minimum Gasteiger partial charge on any atom is -0.491 e. The van der Waals surface area contributed by atoms with Crippen molar-refractivity contribution < 1.29 is 19.3 Å². The summed E-state index contributed by atoms with van der Waals surface area (Å²) >= 11 is 0. The Morgan fingerprint density at radius 2 is 2.32 bits per heavy atom. The molecule has 2 rings (SSSR count). The largest absolute Gasteiger partial charge is 0.491 e. The van der Waals surface area contributed by atoms with E-state index in [-0.39, 0.29) is 13.2 Å². The van der Waals surface area contributed by atoms with E-state index >= 15 is 0 Å². The van der Waals surface area contributed by atoms with Crippen LogP contribution in [0.25, 0.3) is 0 Å². The standard InChI is InChI=1S/C14H21NO4/c15-12-2-1-3-14(6-12)19-10-13(16)9-18-8-11-4-5-17-7-11/h1-3,6,11,13,16H,4-5,7-10,15H2. The van der Waals surface area contributed by atoms with Crippen LogP contribution in [0.1, 0.15) is 6.42 Å². The lowest BCUT2D eigenvalue weighted by atomic mass is 10.1. The lowest BCUT2D eigenvalue weighted by Gasteiger charge is -2.14. The van der Waals surface area contributed by atoms with Gasteiger partial charge in [0.05, 0.1) is 19.8 Å². The number of hydrogen-bond acceptors (Lipinski definition) is 5. The molecule has 5 nitrogen and oxygen atoms in total. The summed E-state index contributed by atoms with van der Waals surface area (Å²) in [6.07, 6.45) is 0.402. The molecule has 0 aliphatic carbocycles. The normalized spacial score (nSPS) is 20.4. The zero-order valence-corrected chi connectivity index (χ0v) is 11.0. The molecule has 5 heteroatoms. The minimum atomic E-state index is -0.635. The van der Waals surface area contributed by atoms with Crippen LogP contribution in [0.5, 0.6) is 5.75 Å². The van der Waals surface area contributed by atoms with Crippen LogP contribution >= 0.6 is 0 Å². The molecule has 0 bridgehead atoms. The monoisotopic (exact) mass is 267 g/mol. The third-order valence-corrected chi connectivity index (χ3v) is 2.99. The van der Waals surface area contributed by atoms with Crippen molar-refractivity contribution in [2.75, 3.05) is 38.8 Å². The Hall–Kier alpha value is -1.30. The third-order valence-electron chi connectivity index (χ3n) is 2.99. The van der Waals surface area contributed by atoms with Gasteiger partial charge in [-0.05, 0) is 18.6 Å². The number of aliphatic hydroxyl groups excluding tert-OH is 1. The summed E-state index contributed by atoms with van der Waals surface area (Å²) < 4.78 is 16.1.